The molecule has 0 saturated heterocycles. The van der Waals surface area contributed by atoms with E-state index in [1.165, 1.54) is 0 Å². The molecule has 0 radical (unpaired) electrons. The third-order valence-corrected chi connectivity index (χ3v) is 3.57. The Hall–Kier alpha value is -2.76. The number of nitrogens with zero attached hydrogens (tertiary/aromatic N) is 5. The summed E-state index contributed by atoms with van der Waals surface area (Å²) in [5.41, 5.74) is 3.85. The second-order valence-corrected chi connectivity index (χ2v) is 4.91. The van der Waals surface area contributed by atoms with Crippen LogP contribution in [-0.4, -0.2) is 37.4 Å². The Kier molecular flexibility index (Phi) is 2.14. The summed E-state index contributed by atoms with van der Waals surface area (Å²) < 4.78 is 1.78. The number of carbonyl (C=O) groups is 1. The lowest BCUT2D eigenvalue weighted by molar-refractivity contribution is 0.0816. The van der Waals surface area contributed by atoms with E-state index < -0.39 is 0 Å². The molecule has 1 aromatic carbocycles. The van der Waals surface area contributed by atoms with Crippen LogP contribution in [0.15, 0.2) is 36.9 Å². The molecule has 98 valence electrons. The molecule has 0 N–H and O–H groups in total. The number of carbonyl (C=O) groups excluding carboxylic acids is 1. The lowest BCUT2D eigenvalue weighted by Crippen LogP contribution is -2.17. The molecule has 0 unspecified atom stereocenters. The number of hydrogen-bond acceptors (Lipinski definition) is 4. The quantitative estimate of drug-likeness (QED) is 0.666. The van der Waals surface area contributed by atoms with E-state index in [4.69, 9.17) is 0 Å². The predicted molar refractivity (Wildman–Crippen MR) is 72.0 cm³/mol. The zero-order chi connectivity index (χ0) is 13.7. The number of rotatable bonds is 1. The van der Waals surface area contributed by atoms with Gasteiger partial charge in [-0.2, -0.15) is 0 Å². The van der Waals surface area contributed by atoms with Gasteiger partial charge in [0.1, 0.15) is 6.33 Å². The van der Waals surface area contributed by atoms with Gasteiger partial charge in [-0.25, -0.2) is 4.98 Å². The van der Waals surface area contributed by atoms with Crippen molar-refractivity contribution in [3.05, 3.63) is 48.0 Å². The topological polar surface area (TPSA) is 63.4 Å². The van der Waals surface area contributed by atoms with E-state index >= 15 is 0 Å². The third-order valence-electron chi connectivity index (χ3n) is 3.57. The van der Waals surface area contributed by atoms with Gasteiger partial charge < -0.3 is 4.90 Å². The van der Waals surface area contributed by atoms with Crippen molar-refractivity contribution in [1.29, 1.82) is 0 Å². The van der Waals surface area contributed by atoms with Gasteiger partial charge in [-0.05, 0) is 23.3 Å². The molecule has 0 aliphatic carbocycles. The first-order chi connectivity index (χ1) is 9.72. The number of benzene rings is 1. The Labute approximate surface area is 114 Å². The SMILES string of the molecule is CN1Cc2cc(-c3cnc4nncn4c3)ccc2C1=O. The van der Waals surface area contributed by atoms with Crippen LogP contribution in [0.1, 0.15) is 15.9 Å². The van der Waals surface area contributed by atoms with Gasteiger partial charge in [0.2, 0.25) is 0 Å². The average molecular weight is 265 g/mol. The summed E-state index contributed by atoms with van der Waals surface area (Å²) in [6.07, 6.45) is 5.33. The molecule has 0 atom stereocenters. The van der Waals surface area contributed by atoms with E-state index in [1.807, 2.05) is 31.4 Å². The summed E-state index contributed by atoms with van der Waals surface area (Å²) in [6.45, 7) is 0.657. The van der Waals surface area contributed by atoms with Crippen LogP contribution >= 0.6 is 0 Å². The Bertz CT molecular complexity index is 838. The zero-order valence-electron chi connectivity index (χ0n) is 10.8. The first-order valence-corrected chi connectivity index (χ1v) is 6.26. The average Bonchev–Trinajstić information content (AvgIpc) is 3.03. The maximum absolute atomic E-state index is 11.9. The fourth-order valence-electron chi connectivity index (χ4n) is 2.53. The molecule has 0 bridgehead atoms. The highest BCUT2D eigenvalue weighted by molar-refractivity contribution is 5.98. The molecule has 0 fully saturated rings. The van der Waals surface area contributed by atoms with E-state index in [2.05, 4.69) is 15.2 Å². The zero-order valence-corrected chi connectivity index (χ0v) is 10.8. The normalized spacial score (nSPS) is 14.1. The van der Waals surface area contributed by atoms with Gasteiger partial charge in [-0.3, -0.25) is 9.20 Å². The lowest BCUT2D eigenvalue weighted by atomic mass is 10.0. The van der Waals surface area contributed by atoms with Gasteiger partial charge in [-0.1, -0.05) is 6.07 Å². The summed E-state index contributed by atoms with van der Waals surface area (Å²) in [6, 6.07) is 5.87. The second kappa shape index (κ2) is 3.86. The monoisotopic (exact) mass is 265 g/mol. The van der Waals surface area contributed by atoms with E-state index in [1.54, 1.807) is 21.8 Å². The maximum atomic E-state index is 11.9. The molecule has 6 heteroatoms. The first-order valence-electron chi connectivity index (χ1n) is 6.26. The number of aromatic nitrogens is 4. The molecule has 4 rings (SSSR count). The molecule has 1 amide bonds. The number of hydrogen-bond donors (Lipinski definition) is 0. The minimum Gasteiger partial charge on any atom is -0.337 e. The summed E-state index contributed by atoms with van der Waals surface area (Å²) >= 11 is 0. The van der Waals surface area contributed by atoms with Crippen molar-refractivity contribution in [2.75, 3.05) is 7.05 Å². The minimum absolute atomic E-state index is 0.0823. The fourth-order valence-corrected chi connectivity index (χ4v) is 2.53. The van der Waals surface area contributed by atoms with Crippen LogP contribution in [-0.2, 0) is 6.54 Å². The van der Waals surface area contributed by atoms with Crippen LogP contribution < -0.4 is 0 Å². The number of fused-ring (bicyclic) bond motifs is 2. The highest BCUT2D eigenvalue weighted by Crippen LogP contribution is 2.27. The highest BCUT2D eigenvalue weighted by atomic mass is 16.2. The van der Waals surface area contributed by atoms with Gasteiger partial charge in [0, 0.05) is 37.1 Å². The molecule has 0 spiro atoms. The van der Waals surface area contributed by atoms with Crippen molar-refractivity contribution in [3.8, 4) is 11.1 Å². The molecule has 3 aromatic rings. The maximum Gasteiger partial charge on any atom is 0.254 e. The standard InChI is InChI=1S/C14H11N5O/c1-18-6-10-4-9(2-3-12(10)13(18)20)11-5-15-14-17-16-8-19(14)7-11/h2-5,7-8H,6H2,1H3. The Morgan fingerprint density at radius 2 is 2.15 bits per heavy atom. The van der Waals surface area contributed by atoms with Crippen molar-refractivity contribution < 1.29 is 4.79 Å². The van der Waals surface area contributed by atoms with E-state index in [-0.39, 0.29) is 5.91 Å². The van der Waals surface area contributed by atoms with Gasteiger partial charge in [-0.15, -0.1) is 10.2 Å². The highest BCUT2D eigenvalue weighted by Gasteiger charge is 2.24. The molecule has 0 saturated carbocycles. The van der Waals surface area contributed by atoms with Crippen LogP contribution in [0.5, 0.6) is 0 Å². The van der Waals surface area contributed by atoms with Crippen molar-refractivity contribution in [2.24, 2.45) is 0 Å². The van der Waals surface area contributed by atoms with Gasteiger partial charge in [0.15, 0.2) is 0 Å². The largest absolute Gasteiger partial charge is 0.337 e. The minimum atomic E-state index is 0.0823. The molecular formula is C14H11N5O. The number of amides is 1. The van der Waals surface area contributed by atoms with Crippen LogP contribution in [0, 0.1) is 0 Å². The molecular weight excluding hydrogens is 254 g/mol. The van der Waals surface area contributed by atoms with E-state index in [9.17, 15) is 4.79 Å². The molecule has 3 heterocycles. The van der Waals surface area contributed by atoms with Gasteiger partial charge in [0.05, 0.1) is 0 Å². The molecule has 1 aliphatic heterocycles. The van der Waals surface area contributed by atoms with E-state index in [0.717, 1.165) is 22.3 Å². The van der Waals surface area contributed by atoms with E-state index in [0.29, 0.717) is 12.3 Å². The van der Waals surface area contributed by atoms with Crippen molar-refractivity contribution in [3.63, 3.8) is 0 Å². The summed E-state index contributed by atoms with van der Waals surface area (Å²) in [4.78, 5) is 17.8. The predicted octanol–water partition coefficient (Wildman–Crippen LogP) is 1.38. The Balaban J connectivity index is 1.83. The van der Waals surface area contributed by atoms with Gasteiger partial charge >= 0.3 is 0 Å². The molecule has 1 aliphatic rings. The van der Waals surface area contributed by atoms with Crippen molar-refractivity contribution in [1.82, 2.24) is 24.5 Å². The van der Waals surface area contributed by atoms with Gasteiger partial charge in [0.25, 0.3) is 11.7 Å². The van der Waals surface area contributed by atoms with Crippen LogP contribution in [0.2, 0.25) is 0 Å². The van der Waals surface area contributed by atoms with Crippen LogP contribution in [0.25, 0.3) is 16.9 Å². The smallest absolute Gasteiger partial charge is 0.254 e. The van der Waals surface area contributed by atoms with Crippen LogP contribution in [0.4, 0.5) is 0 Å². The molecule has 20 heavy (non-hydrogen) atoms. The Morgan fingerprint density at radius 1 is 1.25 bits per heavy atom. The molecule has 6 nitrogen and oxygen atoms in total. The first kappa shape index (κ1) is 11.1. The van der Waals surface area contributed by atoms with Crippen molar-refractivity contribution in [2.45, 2.75) is 6.54 Å². The van der Waals surface area contributed by atoms with Crippen molar-refractivity contribution >= 4 is 11.7 Å². The summed E-state index contributed by atoms with van der Waals surface area (Å²) in [7, 11) is 1.81. The fraction of sp³-hybridized carbons (Fsp3) is 0.143. The summed E-state index contributed by atoms with van der Waals surface area (Å²) in [5.74, 6) is 0.656. The van der Waals surface area contributed by atoms with Crippen LogP contribution in [0.3, 0.4) is 0 Å². The third kappa shape index (κ3) is 1.51. The second-order valence-electron chi connectivity index (χ2n) is 4.91. The molecule has 2 aromatic heterocycles. The lowest BCUT2D eigenvalue weighted by Gasteiger charge is -2.04. The Morgan fingerprint density at radius 3 is 3.05 bits per heavy atom. The summed E-state index contributed by atoms with van der Waals surface area (Å²) in [5, 5.41) is 7.69.